The normalized spacial score (nSPS) is 25.5. The van der Waals surface area contributed by atoms with Gasteiger partial charge in [0.2, 0.25) is 0 Å². The summed E-state index contributed by atoms with van der Waals surface area (Å²) in [6.45, 7) is 8.24. The summed E-state index contributed by atoms with van der Waals surface area (Å²) < 4.78 is 11.6. The quantitative estimate of drug-likeness (QED) is 0.745. The number of carbonyl (C=O) groups is 1. The lowest BCUT2D eigenvalue weighted by molar-refractivity contribution is 0.0122. The molecule has 9 heteroatoms. The molecular weight excluding hydrogens is 410 g/mol. The summed E-state index contributed by atoms with van der Waals surface area (Å²) in [6, 6.07) is 0.581. The fourth-order valence-corrected chi connectivity index (χ4v) is 4.90. The first kappa shape index (κ1) is 21.4. The Morgan fingerprint density at radius 1 is 1.22 bits per heavy atom. The van der Waals surface area contributed by atoms with Gasteiger partial charge in [0.25, 0.3) is 0 Å². The molecule has 9 nitrogen and oxygen atoms in total. The molecule has 0 radical (unpaired) electrons. The van der Waals surface area contributed by atoms with Crippen LogP contribution in [0.25, 0.3) is 0 Å². The molecule has 2 bridgehead atoms. The third-order valence-corrected chi connectivity index (χ3v) is 6.90. The van der Waals surface area contributed by atoms with Crippen molar-refractivity contribution in [2.45, 2.75) is 77.1 Å². The van der Waals surface area contributed by atoms with Gasteiger partial charge >= 0.3 is 12.1 Å². The Kier molecular flexibility index (Phi) is 5.27. The van der Waals surface area contributed by atoms with E-state index in [2.05, 4.69) is 14.9 Å². The molecule has 1 aliphatic carbocycles. The maximum Gasteiger partial charge on any atom is 0.410 e. The second kappa shape index (κ2) is 7.86. The number of hydrogen-bond acceptors (Lipinski definition) is 8. The lowest BCUT2D eigenvalue weighted by Gasteiger charge is -2.42. The monoisotopic (exact) mass is 443 g/mol. The Hall–Kier alpha value is -2.42. The second-order valence-corrected chi connectivity index (χ2v) is 10.6. The van der Waals surface area contributed by atoms with Gasteiger partial charge in [-0.15, -0.1) is 0 Å². The number of ether oxygens (including phenoxy) is 2. The fraction of sp³-hybridized carbons (Fsp3) is 0.739. The molecule has 1 aromatic heterocycles. The van der Waals surface area contributed by atoms with Crippen LogP contribution in [0.5, 0.6) is 6.01 Å². The molecule has 2 atom stereocenters. The zero-order valence-corrected chi connectivity index (χ0v) is 19.2. The SMILES string of the molecule is CC(C)(C)OC(=O)N1C2CCC1CN(c1nc(OCC3(CO)CC3)nc3c1CC=NC3)C2. The van der Waals surface area contributed by atoms with Crippen molar-refractivity contribution in [3.05, 3.63) is 11.3 Å². The van der Waals surface area contributed by atoms with Crippen molar-refractivity contribution < 1.29 is 19.4 Å². The maximum absolute atomic E-state index is 12.8. The Morgan fingerprint density at radius 3 is 2.56 bits per heavy atom. The molecular formula is C23H33N5O4. The van der Waals surface area contributed by atoms with Gasteiger partial charge in [-0.1, -0.05) is 0 Å². The Balaban J connectivity index is 1.37. The highest BCUT2D eigenvalue weighted by molar-refractivity contribution is 5.71. The highest BCUT2D eigenvalue weighted by atomic mass is 16.6. The van der Waals surface area contributed by atoms with E-state index in [1.165, 1.54) is 0 Å². The molecule has 3 fully saturated rings. The highest BCUT2D eigenvalue weighted by Crippen LogP contribution is 2.45. The number of aliphatic hydroxyl groups excluding tert-OH is 1. The van der Waals surface area contributed by atoms with Crippen LogP contribution in [0.15, 0.2) is 4.99 Å². The molecule has 2 saturated heterocycles. The molecule has 0 spiro atoms. The Labute approximate surface area is 188 Å². The second-order valence-electron chi connectivity index (χ2n) is 10.6. The van der Waals surface area contributed by atoms with Crippen LogP contribution in [0, 0.1) is 5.41 Å². The number of amides is 1. The van der Waals surface area contributed by atoms with E-state index in [1.54, 1.807) is 0 Å². The summed E-state index contributed by atoms with van der Waals surface area (Å²) in [5, 5.41) is 9.60. The molecule has 1 aromatic rings. The molecule has 1 amide bonds. The highest BCUT2D eigenvalue weighted by Gasteiger charge is 2.46. The molecule has 1 N–H and O–H groups in total. The number of hydrogen-bond donors (Lipinski definition) is 1. The number of aromatic nitrogens is 2. The van der Waals surface area contributed by atoms with Crippen molar-refractivity contribution in [1.29, 1.82) is 0 Å². The third kappa shape index (κ3) is 4.14. The zero-order chi connectivity index (χ0) is 22.5. The van der Waals surface area contributed by atoms with Crippen molar-refractivity contribution in [2.24, 2.45) is 10.4 Å². The van der Waals surface area contributed by atoms with E-state index in [-0.39, 0.29) is 30.2 Å². The minimum absolute atomic E-state index is 0.111. The molecule has 3 aliphatic heterocycles. The van der Waals surface area contributed by atoms with Gasteiger partial charge in [0.05, 0.1) is 37.5 Å². The van der Waals surface area contributed by atoms with Gasteiger partial charge in [0, 0.05) is 36.7 Å². The van der Waals surface area contributed by atoms with Crippen LogP contribution >= 0.6 is 0 Å². The van der Waals surface area contributed by atoms with E-state index in [9.17, 15) is 9.90 Å². The van der Waals surface area contributed by atoms with Crippen LogP contribution in [-0.2, 0) is 17.7 Å². The standard InChI is InChI=1S/C23H33N5O4/c1-22(2,3)32-21(30)28-15-4-5-16(28)12-27(11-15)19-17-6-9-24-10-18(17)25-20(26-19)31-14-23(13-29)7-8-23/h9,15-16,29H,4-8,10-14H2,1-3H3. The summed E-state index contributed by atoms with van der Waals surface area (Å²) in [7, 11) is 0. The first-order valence-electron chi connectivity index (χ1n) is 11.6. The summed E-state index contributed by atoms with van der Waals surface area (Å²) in [5.41, 5.74) is 1.37. The van der Waals surface area contributed by atoms with Gasteiger partial charge in [0.1, 0.15) is 11.4 Å². The predicted octanol–water partition coefficient (Wildman–Crippen LogP) is 2.34. The Bertz CT molecular complexity index is 910. The molecule has 1 saturated carbocycles. The number of carbonyl (C=O) groups excluding carboxylic acids is 1. The van der Waals surface area contributed by atoms with Crippen molar-refractivity contribution in [3.8, 4) is 6.01 Å². The van der Waals surface area contributed by atoms with E-state index in [0.717, 1.165) is 55.8 Å². The number of piperazine rings is 1. The molecule has 32 heavy (non-hydrogen) atoms. The largest absolute Gasteiger partial charge is 0.463 e. The van der Waals surface area contributed by atoms with Crippen LogP contribution in [-0.4, -0.2) is 76.3 Å². The first-order valence-corrected chi connectivity index (χ1v) is 11.6. The van der Waals surface area contributed by atoms with Crippen LogP contribution in [0.4, 0.5) is 10.6 Å². The van der Waals surface area contributed by atoms with Crippen LogP contribution in [0.3, 0.4) is 0 Å². The molecule has 174 valence electrons. The van der Waals surface area contributed by atoms with Crippen LogP contribution in [0.1, 0.15) is 57.7 Å². The summed E-state index contributed by atoms with van der Waals surface area (Å²) in [6.07, 6.45) is 6.29. The van der Waals surface area contributed by atoms with E-state index in [4.69, 9.17) is 14.5 Å². The van der Waals surface area contributed by atoms with Gasteiger partial charge < -0.3 is 19.5 Å². The number of rotatable bonds is 5. The lowest BCUT2D eigenvalue weighted by atomic mass is 10.1. The molecule has 2 unspecified atom stereocenters. The number of aliphatic hydroxyl groups is 1. The topological polar surface area (TPSA) is 100 Å². The summed E-state index contributed by atoms with van der Waals surface area (Å²) in [4.78, 5) is 30.9. The minimum atomic E-state index is -0.502. The summed E-state index contributed by atoms with van der Waals surface area (Å²) >= 11 is 0. The predicted molar refractivity (Wildman–Crippen MR) is 119 cm³/mol. The summed E-state index contributed by atoms with van der Waals surface area (Å²) in [5.74, 6) is 0.894. The van der Waals surface area contributed by atoms with E-state index in [0.29, 0.717) is 25.6 Å². The number of aliphatic imine (C=N–C) groups is 1. The first-order chi connectivity index (χ1) is 15.3. The van der Waals surface area contributed by atoms with Gasteiger partial charge in [0.15, 0.2) is 0 Å². The van der Waals surface area contributed by atoms with E-state index in [1.807, 2.05) is 31.9 Å². The fourth-order valence-electron chi connectivity index (χ4n) is 4.90. The van der Waals surface area contributed by atoms with Crippen LogP contribution < -0.4 is 9.64 Å². The van der Waals surface area contributed by atoms with Crippen molar-refractivity contribution in [3.63, 3.8) is 0 Å². The van der Waals surface area contributed by atoms with Crippen molar-refractivity contribution in [2.75, 3.05) is 31.2 Å². The van der Waals surface area contributed by atoms with Crippen LogP contribution in [0.2, 0.25) is 0 Å². The molecule has 0 aromatic carbocycles. The average Bonchev–Trinajstić information content (AvgIpc) is 3.49. The Morgan fingerprint density at radius 2 is 1.94 bits per heavy atom. The number of nitrogens with zero attached hydrogens (tertiary/aromatic N) is 5. The molecule has 4 aliphatic rings. The lowest BCUT2D eigenvalue weighted by Crippen LogP contribution is -2.57. The van der Waals surface area contributed by atoms with Crippen molar-refractivity contribution >= 4 is 18.1 Å². The molecule has 5 rings (SSSR count). The van der Waals surface area contributed by atoms with Crippen molar-refractivity contribution in [1.82, 2.24) is 14.9 Å². The van der Waals surface area contributed by atoms with Gasteiger partial charge in [-0.3, -0.25) is 9.89 Å². The molecule has 4 heterocycles. The van der Waals surface area contributed by atoms with Gasteiger partial charge in [-0.25, -0.2) is 4.79 Å². The maximum atomic E-state index is 12.8. The smallest absolute Gasteiger partial charge is 0.410 e. The zero-order valence-electron chi connectivity index (χ0n) is 19.2. The van der Waals surface area contributed by atoms with E-state index < -0.39 is 5.60 Å². The number of anilines is 1. The minimum Gasteiger partial charge on any atom is -0.463 e. The number of fused-ring (bicyclic) bond motifs is 3. The van der Waals surface area contributed by atoms with Gasteiger partial charge in [-0.2, -0.15) is 9.97 Å². The van der Waals surface area contributed by atoms with E-state index >= 15 is 0 Å². The average molecular weight is 444 g/mol. The third-order valence-electron chi connectivity index (χ3n) is 6.90. The van der Waals surface area contributed by atoms with Gasteiger partial charge in [-0.05, 0) is 46.5 Å².